The zero-order valence-electron chi connectivity index (χ0n) is 14.2. The summed E-state index contributed by atoms with van der Waals surface area (Å²) < 4.78 is 26.2. The number of rotatable bonds is 4. The van der Waals surface area contributed by atoms with Gasteiger partial charge in [-0.05, 0) is 55.3 Å². The van der Waals surface area contributed by atoms with Crippen LogP contribution in [-0.2, 0) is 0 Å². The zero-order valence-corrected chi connectivity index (χ0v) is 14.2. The van der Waals surface area contributed by atoms with Gasteiger partial charge in [0.2, 0.25) is 5.95 Å². The molecule has 0 saturated carbocycles. The molecule has 1 amide bonds. The summed E-state index contributed by atoms with van der Waals surface area (Å²) in [6.07, 6.45) is 1.44. The number of aryl methyl sites for hydroxylation is 2. The molecular formula is C19H16F2N4O. The van der Waals surface area contributed by atoms with Crippen molar-refractivity contribution in [2.45, 2.75) is 13.8 Å². The van der Waals surface area contributed by atoms with Crippen LogP contribution < -0.4 is 10.6 Å². The van der Waals surface area contributed by atoms with Crippen LogP contribution >= 0.6 is 0 Å². The molecule has 5 nitrogen and oxygen atoms in total. The van der Waals surface area contributed by atoms with Crippen LogP contribution in [0.5, 0.6) is 0 Å². The number of amides is 1. The van der Waals surface area contributed by atoms with E-state index >= 15 is 0 Å². The Morgan fingerprint density at radius 1 is 0.923 bits per heavy atom. The molecule has 26 heavy (non-hydrogen) atoms. The summed E-state index contributed by atoms with van der Waals surface area (Å²) in [7, 11) is 0. The molecule has 1 aromatic heterocycles. The first-order chi connectivity index (χ1) is 12.4. The second-order valence-corrected chi connectivity index (χ2v) is 5.77. The first-order valence-electron chi connectivity index (χ1n) is 7.86. The topological polar surface area (TPSA) is 66.9 Å². The normalized spacial score (nSPS) is 10.5. The molecule has 0 fully saturated rings. The van der Waals surface area contributed by atoms with Crippen LogP contribution in [0.2, 0.25) is 0 Å². The molecule has 0 unspecified atom stereocenters. The van der Waals surface area contributed by atoms with E-state index in [-0.39, 0.29) is 17.3 Å². The van der Waals surface area contributed by atoms with Gasteiger partial charge in [-0.2, -0.15) is 0 Å². The van der Waals surface area contributed by atoms with Crippen molar-refractivity contribution < 1.29 is 13.6 Å². The molecule has 0 radical (unpaired) electrons. The lowest BCUT2D eigenvalue weighted by atomic mass is 10.1. The summed E-state index contributed by atoms with van der Waals surface area (Å²) in [5.41, 5.74) is 3.30. The number of aromatic nitrogens is 2. The molecule has 1 heterocycles. The number of anilines is 3. The number of nitrogens with zero attached hydrogens (tertiary/aromatic N) is 2. The average molecular weight is 354 g/mol. The number of carbonyl (C=O) groups is 1. The minimum Gasteiger partial charge on any atom is -0.324 e. The molecule has 0 saturated heterocycles. The lowest BCUT2D eigenvalue weighted by Crippen LogP contribution is -2.15. The maximum absolute atomic E-state index is 13.2. The Labute approximate surface area is 149 Å². The van der Waals surface area contributed by atoms with E-state index in [9.17, 15) is 13.6 Å². The van der Waals surface area contributed by atoms with Crippen molar-refractivity contribution in [2.75, 3.05) is 10.6 Å². The van der Waals surface area contributed by atoms with Crippen molar-refractivity contribution in [1.82, 2.24) is 9.97 Å². The van der Waals surface area contributed by atoms with E-state index in [2.05, 4.69) is 20.6 Å². The largest absolute Gasteiger partial charge is 0.324 e. The summed E-state index contributed by atoms with van der Waals surface area (Å²) in [4.78, 5) is 20.5. The van der Waals surface area contributed by atoms with Crippen molar-refractivity contribution in [3.05, 3.63) is 77.1 Å². The Morgan fingerprint density at radius 3 is 2.42 bits per heavy atom. The van der Waals surface area contributed by atoms with Crippen LogP contribution in [-0.4, -0.2) is 15.9 Å². The first-order valence-corrected chi connectivity index (χ1v) is 7.86. The maximum atomic E-state index is 13.2. The van der Waals surface area contributed by atoms with Gasteiger partial charge in [-0.15, -0.1) is 0 Å². The van der Waals surface area contributed by atoms with E-state index in [1.54, 1.807) is 0 Å². The summed E-state index contributed by atoms with van der Waals surface area (Å²) in [6.45, 7) is 4.01. The predicted molar refractivity (Wildman–Crippen MR) is 95.5 cm³/mol. The van der Waals surface area contributed by atoms with Crippen molar-refractivity contribution >= 4 is 23.2 Å². The minimum atomic E-state index is -1.04. The van der Waals surface area contributed by atoms with Gasteiger partial charge < -0.3 is 10.6 Å². The molecule has 0 spiro atoms. The number of hydrogen-bond acceptors (Lipinski definition) is 4. The molecule has 0 aliphatic rings. The van der Waals surface area contributed by atoms with E-state index in [1.165, 1.54) is 18.3 Å². The Hall–Kier alpha value is -3.35. The van der Waals surface area contributed by atoms with Crippen molar-refractivity contribution in [1.29, 1.82) is 0 Å². The number of benzene rings is 2. The van der Waals surface area contributed by atoms with Crippen molar-refractivity contribution in [3.8, 4) is 0 Å². The molecule has 0 atom stereocenters. The molecule has 2 aromatic carbocycles. The van der Waals surface area contributed by atoms with E-state index < -0.39 is 17.5 Å². The molecule has 0 bridgehead atoms. The summed E-state index contributed by atoms with van der Waals surface area (Å²) in [6, 6.07) is 10.4. The fraction of sp³-hybridized carbons (Fsp3) is 0.105. The van der Waals surface area contributed by atoms with Gasteiger partial charge in [0.05, 0.1) is 0 Å². The van der Waals surface area contributed by atoms with Crippen molar-refractivity contribution in [3.63, 3.8) is 0 Å². The second-order valence-electron chi connectivity index (χ2n) is 5.77. The Bertz CT molecular complexity index is 976. The Morgan fingerprint density at radius 2 is 1.69 bits per heavy atom. The van der Waals surface area contributed by atoms with Crippen LogP contribution in [0.25, 0.3) is 0 Å². The van der Waals surface area contributed by atoms with Crippen LogP contribution in [0.15, 0.2) is 48.7 Å². The third kappa shape index (κ3) is 4.00. The van der Waals surface area contributed by atoms with Crippen LogP contribution in [0.1, 0.15) is 21.6 Å². The van der Waals surface area contributed by atoms with Crippen molar-refractivity contribution in [2.24, 2.45) is 0 Å². The van der Waals surface area contributed by atoms with Crippen LogP contribution in [0, 0.1) is 25.5 Å². The lowest BCUT2D eigenvalue weighted by molar-refractivity contribution is 0.102. The van der Waals surface area contributed by atoms with Gasteiger partial charge in [-0.1, -0.05) is 6.07 Å². The fourth-order valence-electron chi connectivity index (χ4n) is 2.26. The predicted octanol–water partition coefficient (Wildman–Crippen LogP) is 4.37. The molecular weight excluding hydrogens is 338 g/mol. The van der Waals surface area contributed by atoms with Gasteiger partial charge in [0, 0.05) is 23.6 Å². The number of nitrogens with one attached hydrogen (secondary N) is 2. The van der Waals surface area contributed by atoms with Gasteiger partial charge in [0.1, 0.15) is 5.69 Å². The van der Waals surface area contributed by atoms with E-state index in [0.29, 0.717) is 0 Å². The standard InChI is InChI=1S/C19H16F2N4O/c1-11-3-4-13(9-12(11)2)24-19-22-8-7-17(25-19)18(26)23-14-5-6-15(20)16(21)10-14/h3-10H,1-2H3,(H,23,26)(H,22,24,25). The SMILES string of the molecule is Cc1ccc(Nc2nccc(C(=O)Nc3ccc(F)c(F)c3)n2)cc1C. The van der Waals surface area contributed by atoms with Crippen LogP contribution in [0.3, 0.4) is 0 Å². The third-order valence-corrected chi connectivity index (χ3v) is 3.83. The monoisotopic (exact) mass is 354 g/mol. The highest BCUT2D eigenvalue weighted by Crippen LogP contribution is 2.18. The number of halogens is 2. The smallest absolute Gasteiger partial charge is 0.274 e. The van der Waals surface area contributed by atoms with E-state index in [0.717, 1.165) is 28.9 Å². The molecule has 3 aromatic rings. The quantitative estimate of drug-likeness (QED) is 0.730. The van der Waals surface area contributed by atoms with Gasteiger partial charge >= 0.3 is 0 Å². The van der Waals surface area contributed by atoms with Gasteiger partial charge in [-0.25, -0.2) is 18.7 Å². The fourth-order valence-corrected chi connectivity index (χ4v) is 2.26. The molecule has 0 aliphatic carbocycles. The molecule has 132 valence electrons. The molecule has 3 rings (SSSR count). The summed E-state index contributed by atoms with van der Waals surface area (Å²) in [5.74, 6) is -2.32. The van der Waals surface area contributed by atoms with Gasteiger partial charge in [0.15, 0.2) is 11.6 Å². The third-order valence-electron chi connectivity index (χ3n) is 3.83. The van der Waals surface area contributed by atoms with Crippen LogP contribution in [0.4, 0.5) is 26.1 Å². The highest BCUT2D eigenvalue weighted by atomic mass is 19.2. The maximum Gasteiger partial charge on any atom is 0.274 e. The Kier molecular flexibility index (Phi) is 4.88. The summed E-state index contributed by atoms with van der Waals surface area (Å²) >= 11 is 0. The molecule has 0 aliphatic heterocycles. The second kappa shape index (κ2) is 7.26. The highest BCUT2D eigenvalue weighted by Gasteiger charge is 2.11. The van der Waals surface area contributed by atoms with Gasteiger partial charge in [0.25, 0.3) is 5.91 Å². The number of carbonyl (C=O) groups excluding carboxylic acids is 1. The summed E-state index contributed by atoms with van der Waals surface area (Å²) in [5, 5.41) is 5.51. The highest BCUT2D eigenvalue weighted by molar-refractivity contribution is 6.03. The molecule has 2 N–H and O–H groups in total. The molecule has 7 heteroatoms. The van der Waals surface area contributed by atoms with E-state index in [4.69, 9.17) is 0 Å². The first kappa shape index (κ1) is 17.5. The number of hydrogen-bond donors (Lipinski definition) is 2. The van der Waals surface area contributed by atoms with Gasteiger partial charge in [-0.3, -0.25) is 4.79 Å². The zero-order chi connectivity index (χ0) is 18.7. The van der Waals surface area contributed by atoms with E-state index in [1.807, 2.05) is 32.0 Å². The average Bonchev–Trinajstić information content (AvgIpc) is 2.61. The Balaban J connectivity index is 1.76. The lowest BCUT2D eigenvalue weighted by Gasteiger charge is -2.09. The minimum absolute atomic E-state index is 0.0936.